The molecule has 0 unspecified atom stereocenters. The highest BCUT2D eigenvalue weighted by Gasteiger charge is 2.21. The SMILES string of the molecule is O=C(NCCc1ccccc1)c1sc2c(cnc3ccc(F)cc32)c1-c1ccccc1. The minimum Gasteiger partial charge on any atom is -0.351 e. The van der Waals surface area contributed by atoms with Gasteiger partial charge in [0.1, 0.15) is 10.7 Å². The third-order valence-corrected chi connectivity index (χ3v) is 6.53. The Hall–Kier alpha value is -3.57. The molecule has 0 saturated carbocycles. The van der Waals surface area contributed by atoms with Crippen molar-refractivity contribution in [1.82, 2.24) is 10.3 Å². The molecule has 0 fully saturated rings. The molecule has 0 aliphatic heterocycles. The van der Waals surface area contributed by atoms with E-state index in [1.165, 1.54) is 29.0 Å². The minimum absolute atomic E-state index is 0.125. The average Bonchev–Trinajstić information content (AvgIpc) is 3.20. The van der Waals surface area contributed by atoms with Crippen LogP contribution in [0.3, 0.4) is 0 Å². The van der Waals surface area contributed by atoms with Gasteiger partial charge in [-0.1, -0.05) is 60.7 Å². The number of nitrogens with zero attached hydrogens (tertiary/aromatic N) is 1. The van der Waals surface area contributed by atoms with Crippen LogP contribution in [0.1, 0.15) is 15.2 Å². The summed E-state index contributed by atoms with van der Waals surface area (Å²) in [5.41, 5.74) is 3.68. The van der Waals surface area contributed by atoms with Crippen molar-refractivity contribution >= 4 is 38.2 Å². The lowest BCUT2D eigenvalue weighted by Crippen LogP contribution is -2.25. The zero-order valence-electron chi connectivity index (χ0n) is 16.6. The van der Waals surface area contributed by atoms with Gasteiger partial charge in [-0.25, -0.2) is 4.39 Å². The van der Waals surface area contributed by atoms with Crippen molar-refractivity contribution < 1.29 is 9.18 Å². The number of carbonyl (C=O) groups excluding carboxylic acids is 1. The van der Waals surface area contributed by atoms with Gasteiger partial charge in [-0.05, 0) is 35.7 Å². The van der Waals surface area contributed by atoms with Crippen molar-refractivity contribution in [3.63, 3.8) is 0 Å². The number of thiophene rings is 1. The van der Waals surface area contributed by atoms with E-state index in [9.17, 15) is 9.18 Å². The fourth-order valence-electron chi connectivity index (χ4n) is 3.80. The molecule has 31 heavy (non-hydrogen) atoms. The lowest BCUT2D eigenvalue weighted by Gasteiger charge is -2.07. The molecule has 1 amide bonds. The molecule has 5 rings (SSSR count). The van der Waals surface area contributed by atoms with E-state index in [4.69, 9.17) is 0 Å². The van der Waals surface area contributed by atoms with Gasteiger partial charge in [-0.15, -0.1) is 11.3 Å². The molecular formula is C26H19FN2OS. The first-order valence-corrected chi connectivity index (χ1v) is 10.9. The normalized spacial score (nSPS) is 11.1. The van der Waals surface area contributed by atoms with E-state index < -0.39 is 0 Å². The fraction of sp³-hybridized carbons (Fsp3) is 0.0769. The average molecular weight is 427 g/mol. The Morgan fingerprint density at radius 3 is 2.45 bits per heavy atom. The maximum atomic E-state index is 14.0. The smallest absolute Gasteiger partial charge is 0.262 e. The highest BCUT2D eigenvalue weighted by atomic mass is 32.1. The zero-order chi connectivity index (χ0) is 21.2. The van der Waals surface area contributed by atoms with Crippen LogP contribution in [0.25, 0.3) is 32.1 Å². The van der Waals surface area contributed by atoms with E-state index in [2.05, 4.69) is 10.3 Å². The Labute approximate surface area is 183 Å². The fourth-order valence-corrected chi connectivity index (χ4v) is 5.04. The van der Waals surface area contributed by atoms with Crippen LogP contribution in [0.5, 0.6) is 0 Å². The van der Waals surface area contributed by atoms with Gasteiger partial charge in [-0.2, -0.15) is 0 Å². The minimum atomic E-state index is -0.315. The van der Waals surface area contributed by atoms with E-state index in [1.54, 1.807) is 12.3 Å². The van der Waals surface area contributed by atoms with Gasteiger partial charge >= 0.3 is 0 Å². The largest absolute Gasteiger partial charge is 0.351 e. The van der Waals surface area contributed by atoms with Gasteiger partial charge in [0.05, 0.1) is 5.52 Å². The molecule has 5 heteroatoms. The van der Waals surface area contributed by atoms with Crippen LogP contribution in [0.4, 0.5) is 4.39 Å². The highest BCUT2D eigenvalue weighted by Crippen LogP contribution is 2.41. The maximum Gasteiger partial charge on any atom is 0.262 e. The monoisotopic (exact) mass is 426 g/mol. The standard InChI is InChI=1S/C26H19FN2OS/c27-19-11-12-22-20(15-19)24-21(16-29-22)23(18-9-5-2-6-10-18)25(31-24)26(30)28-14-13-17-7-3-1-4-8-17/h1-12,15-16H,13-14H2,(H,28,30). The number of nitrogens with one attached hydrogen (secondary N) is 1. The first-order valence-electron chi connectivity index (χ1n) is 10.1. The molecule has 0 aliphatic carbocycles. The number of amides is 1. The molecule has 152 valence electrons. The van der Waals surface area contributed by atoms with Crippen molar-refractivity contribution in [2.24, 2.45) is 0 Å². The number of halogens is 1. The van der Waals surface area contributed by atoms with E-state index in [0.29, 0.717) is 16.9 Å². The first-order chi connectivity index (χ1) is 15.2. The summed E-state index contributed by atoms with van der Waals surface area (Å²) >= 11 is 1.39. The summed E-state index contributed by atoms with van der Waals surface area (Å²) in [4.78, 5) is 18.3. The molecule has 0 aliphatic rings. The number of rotatable bonds is 5. The van der Waals surface area contributed by atoms with Crippen molar-refractivity contribution in [1.29, 1.82) is 0 Å². The van der Waals surface area contributed by atoms with Crippen LogP contribution in [0.2, 0.25) is 0 Å². The van der Waals surface area contributed by atoms with Gasteiger partial charge in [0.2, 0.25) is 0 Å². The van der Waals surface area contributed by atoms with Crippen LogP contribution in [0.15, 0.2) is 85.1 Å². The van der Waals surface area contributed by atoms with Crippen molar-refractivity contribution in [2.75, 3.05) is 6.54 Å². The van der Waals surface area contributed by atoms with E-state index in [0.717, 1.165) is 33.0 Å². The Bertz CT molecular complexity index is 1380. The topological polar surface area (TPSA) is 42.0 Å². The molecule has 0 spiro atoms. The van der Waals surface area contributed by atoms with Gasteiger partial charge < -0.3 is 5.32 Å². The number of pyridine rings is 1. The highest BCUT2D eigenvalue weighted by molar-refractivity contribution is 7.22. The summed E-state index contributed by atoms with van der Waals surface area (Å²) in [6.45, 7) is 0.541. The van der Waals surface area contributed by atoms with E-state index in [1.807, 2.05) is 60.7 Å². The Balaban J connectivity index is 1.58. The quantitative estimate of drug-likeness (QED) is 0.362. The molecular weight excluding hydrogens is 407 g/mol. The number of hydrogen-bond donors (Lipinski definition) is 1. The molecule has 0 radical (unpaired) electrons. The van der Waals surface area contributed by atoms with Crippen molar-refractivity contribution in [3.8, 4) is 11.1 Å². The van der Waals surface area contributed by atoms with E-state index in [-0.39, 0.29) is 11.7 Å². The van der Waals surface area contributed by atoms with Crippen LogP contribution in [0, 0.1) is 5.82 Å². The summed E-state index contributed by atoms with van der Waals surface area (Å²) in [5.74, 6) is -0.439. The predicted octanol–water partition coefficient (Wildman–Crippen LogP) is 6.23. The van der Waals surface area contributed by atoms with Gasteiger partial charge in [-0.3, -0.25) is 9.78 Å². The first kappa shape index (κ1) is 19.4. The Morgan fingerprint density at radius 1 is 0.935 bits per heavy atom. The molecule has 0 bridgehead atoms. The van der Waals surface area contributed by atoms with Gasteiger partial charge in [0.15, 0.2) is 0 Å². The summed E-state index contributed by atoms with van der Waals surface area (Å²) < 4.78 is 14.9. The molecule has 2 heterocycles. The molecule has 2 aromatic heterocycles. The second kappa shape index (κ2) is 8.28. The number of aromatic nitrogens is 1. The Morgan fingerprint density at radius 2 is 1.68 bits per heavy atom. The zero-order valence-corrected chi connectivity index (χ0v) is 17.5. The summed E-state index contributed by atoms with van der Waals surface area (Å²) in [6.07, 6.45) is 2.54. The van der Waals surface area contributed by atoms with Crippen LogP contribution >= 0.6 is 11.3 Å². The molecule has 3 nitrogen and oxygen atoms in total. The van der Waals surface area contributed by atoms with Gasteiger partial charge in [0, 0.05) is 33.8 Å². The second-order valence-corrected chi connectivity index (χ2v) is 8.35. The molecule has 1 N–H and O–H groups in total. The number of fused-ring (bicyclic) bond motifs is 3. The lowest BCUT2D eigenvalue weighted by molar-refractivity contribution is 0.0959. The summed E-state index contributed by atoms with van der Waals surface area (Å²) in [7, 11) is 0. The Kier molecular flexibility index (Phi) is 5.18. The number of hydrogen-bond acceptors (Lipinski definition) is 3. The third kappa shape index (κ3) is 3.80. The summed E-state index contributed by atoms with van der Waals surface area (Å²) in [5, 5.41) is 4.64. The number of carbonyl (C=O) groups is 1. The molecule has 5 aromatic rings. The lowest BCUT2D eigenvalue weighted by atomic mass is 10.0. The molecule has 0 atom stereocenters. The van der Waals surface area contributed by atoms with Crippen LogP contribution < -0.4 is 5.32 Å². The van der Waals surface area contributed by atoms with Crippen LogP contribution in [-0.2, 0) is 6.42 Å². The van der Waals surface area contributed by atoms with Crippen LogP contribution in [-0.4, -0.2) is 17.4 Å². The summed E-state index contributed by atoms with van der Waals surface area (Å²) in [6, 6.07) is 24.4. The number of benzene rings is 3. The second-order valence-electron chi connectivity index (χ2n) is 7.33. The predicted molar refractivity (Wildman–Crippen MR) is 125 cm³/mol. The van der Waals surface area contributed by atoms with Crippen molar-refractivity contribution in [2.45, 2.75) is 6.42 Å². The van der Waals surface area contributed by atoms with Crippen molar-refractivity contribution in [3.05, 3.63) is 101 Å². The molecule has 3 aromatic carbocycles. The van der Waals surface area contributed by atoms with E-state index >= 15 is 0 Å². The third-order valence-electron chi connectivity index (χ3n) is 5.29. The van der Waals surface area contributed by atoms with Gasteiger partial charge in [0.25, 0.3) is 5.91 Å². The maximum absolute atomic E-state index is 14.0. The molecule has 0 saturated heterocycles.